The van der Waals surface area contributed by atoms with Crippen LogP contribution in [-0.2, 0) is 10.0 Å². The van der Waals surface area contributed by atoms with Gasteiger partial charge in [0.1, 0.15) is 0 Å². The van der Waals surface area contributed by atoms with E-state index in [1.165, 1.54) is 22.5 Å². The van der Waals surface area contributed by atoms with E-state index in [0.29, 0.717) is 18.8 Å². The minimum atomic E-state index is -3.63. The highest BCUT2D eigenvalue weighted by atomic mass is 79.9. The molecule has 0 saturated carbocycles. The van der Waals surface area contributed by atoms with Crippen LogP contribution in [0, 0.1) is 0 Å². The summed E-state index contributed by atoms with van der Waals surface area (Å²) in [6.45, 7) is 1.01. The van der Waals surface area contributed by atoms with Crippen LogP contribution >= 0.6 is 27.5 Å². The van der Waals surface area contributed by atoms with E-state index >= 15 is 0 Å². The fraction of sp³-hybridized carbons (Fsp3) is 0.278. The Balaban J connectivity index is 1.88. The van der Waals surface area contributed by atoms with Gasteiger partial charge >= 0.3 is 0 Å². The highest BCUT2D eigenvalue weighted by molar-refractivity contribution is 9.10. The summed E-state index contributed by atoms with van der Waals surface area (Å²) in [5, 5.41) is 2.94. The van der Waals surface area contributed by atoms with Gasteiger partial charge in [-0.2, -0.15) is 4.31 Å². The lowest BCUT2D eigenvalue weighted by atomic mass is 10.2. The van der Waals surface area contributed by atoms with E-state index in [4.69, 9.17) is 11.6 Å². The third kappa shape index (κ3) is 4.28. The molecular weight excluding hydrogens is 440 g/mol. The Morgan fingerprint density at radius 1 is 1.08 bits per heavy atom. The minimum Gasteiger partial charge on any atom is -0.322 e. The second-order valence-electron chi connectivity index (χ2n) is 6.07. The van der Waals surface area contributed by atoms with Gasteiger partial charge in [0, 0.05) is 23.2 Å². The molecule has 8 heteroatoms. The molecule has 0 aromatic heterocycles. The number of anilines is 1. The zero-order chi connectivity index (χ0) is 18.7. The molecule has 0 unspecified atom stereocenters. The third-order valence-corrected chi connectivity index (χ3v) is 6.94. The second kappa shape index (κ2) is 8.08. The molecule has 0 bridgehead atoms. The molecule has 1 N–H and O–H groups in total. The normalized spacial score (nSPS) is 15.6. The van der Waals surface area contributed by atoms with Gasteiger partial charge in [-0.05, 0) is 49.2 Å². The fourth-order valence-corrected chi connectivity index (χ4v) is 5.00. The number of piperidine rings is 1. The molecule has 0 atom stereocenters. The van der Waals surface area contributed by atoms with Gasteiger partial charge in [-0.1, -0.05) is 40.0 Å². The van der Waals surface area contributed by atoms with E-state index in [1.807, 2.05) is 6.07 Å². The van der Waals surface area contributed by atoms with Crippen LogP contribution < -0.4 is 5.32 Å². The Hall–Kier alpha value is -1.41. The van der Waals surface area contributed by atoms with Crippen LogP contribution in [0.25, 0.3) is 0 Å². The predicted octanol–water partition coefficient (Wildman–Crippen LogP) is 4.53. The van der Waals surface area contributed by atoms with E-state index < -0.39 is 15.9 Å². The summed E-state index contributed by atoms with van der Waals surface area (Å²) in [5.41, 5.74) is 0.717. The van der Waals surface area contributed by atoms with Crippen molar-refractivity contribution in [3.05, 3.63) is 57.5 Å². The number of carbonyl (C=O) groups excluding carboxylic acids is 1. The van der Waals surface area contributed by atoms with E-state index in [2.05, 4.69) is 21.2 Å². The van der Waals surface area contributed by atoms with Crippen molar-refractivity contribution in [1.82, 2.24) is 4.31 Å². The van der Waals surface area contributed by atoms with Gasteiger partial charge in [0.25, 0.3) is 5.91 Å². The Morgan fingerprint density at radius 2 is 1.81 bits per heavy atom. The van der Waals surface area contributed by atoms with Crippen molar-refractivity contribution >= 4 is 49.1 Å². The number of sulfonamides is 1. The summed E-state index contributed by atoms with van der Waals surface area (Å²) in [4.78, 5) is 12.7. The summed E-state index contributed by atoms with van der Waals surface area (Å²) in [7, 11) is -3.63. The Labute approximate surface area is 166 Å². The number of benzene rings is 2. The molecule has 26 heavy (non-hydrogen) atoms. The molecule has 2 aromatic rings. The van der Waals surface area contributed by atoms with Crippen LogP contribution in [0.4, 0.5) is 5.69 Å². The largest absolute Gasteiger partial charge is 0.322 e. The number of nitrogens with one attached hydrogen (secondary N) is 1. The minimum absolute atomic E-state index is 0.0863. The fourth-order valence-electron chi connectivity index (χ4n) is 2.86. The summed E-state index contributed by atoms with van der Waals surface area (Å²) in [5.74, 6) is -0.455. The number of hydrogen-bond donors (Lipinski definition) is 1. The molecule has 0 radical (unpaired) electrons. The van der Waals surface area contributed by atoms with Crippen molar-refractivity contribution in [2.45, 2.75) is 24.2 Å². The maximum Gasteiger partial charge on any atom is 0.257 e. The van der Waals surface area contributed by atoms with Crippen molar-refractivity contribution in [1.29, 1.82) is 0 Å². The van der Waals surface area contributed by atoms with Crippen molar-refractivity contribution in [2.75, 3.05) is 18.4 Å². The van der Waals surface area contributed by atoms with Crippen LogP contribution in [0.2, 0.25) is 5.02 Å². The van der Waals surface area contributed by atoms with E-state index in [9.17, 15) is 13.2 Å². The monoisotopic (exact) mass is 456 g/mol. The lowest BCUT2D eigenvalue weighted by molar-refractivity contribution is 0.102. The van der Waals surface area contributed by atoms with Crippen molar-refractivity contribution < 1.29 is 13.2 Å². The summed E-state index contributed by atoms with van der Waals surface area (Å²) in [6, 6.07) is 11.4. The smallest absolute Gasteiger partial charge is 0.257 e. The average Bonchev–Trinajstić information content (AvgIpc) is 2.62. The summed E-state index contributed by atoms with van der Waals surface area (Å²) in [6.07, 6.45) is 2.74. The number of amides is 1. The van der Waals surface area contributed by atoms with Gasteiger partial charge in [-0.15, -0.1) is 0 Å². The first-order chi connectivity index (χ1) is 12.4. The van der Waals surface area contributed by atoms with Gasteiger partial charge in [0.15, 0.2) is 0 Å². The lowest BCUT2D eigenvalue weighted by Crippen LogP contribution is -2.35. The molecule has 1 saturated heterocycles. The molecule has 5 nitrogen and oxygen atoms in total. The van der Waals surface area contributed by atoms with Crippen molar-refractivity contribution in [3.8, 4) is 0 Å². The first-order valence-electron chi connectivity index (χ1n) is 8.24. The van der Waals surface area contributed by atoms with Crippen LogP contribution in [0.5, 0.6) is 0 Å². The number of hydrogen-bond acceptors (Lipinski definition) is 3. The van der Waals surface area contributed by atoms with Gasteiger partial charge in [0.05, 0.1) is 15.5 Å². The lowest BCUT2D eigenvalue weighted by Gasteiger charge is -2.26. The van der Waals surface area contributed by atoms with E-state index in [-0.39, 0.29) is 15.5 Å². The van der Waals surface area contributed by atoms with Crippen LogP contribution in [0.15, 0.2) is 51.8 Å². The van der Waals surface area contributed by atoms with Gasteiger partial charge in [-0.25, -0.2) is 8.42 Å². The Bertz CT molecular complexity index is 928. The molecule has 1 aliphatic heterocycles. The number of halogens is 2. The Kier molecular flexibility index (Phi) is 6.02. The van der Waals surface area contributed by atoms with Crippen LogP contribution in [-0.4, -0.2) is 31.7 Å². The Morgan fingerprint density at radius 3 is 2.50 bits per heavy atom. The zero-order valence-electron chi connectivity index (χ0n) is 13.9. The van der Waals surface area contributed by atoms with Crippen molar-refractivity contribution in [3.63, 3.8) is 0 Å². The quantitative estimate of drug-likeness (QED) is 0.733. The topological polar surface area (TPSA) is 66.5 Å². The first-order valence-corrected chi connectivity index (χ1v) is 10.9. The zero-order valence-corrected chi connectivity index (χ0v) is 17.1. The number of nitrogens with zero attached hydrogens (tertiary/aromatic N) is 1. The maximum atomic E-state index is 12.8. The molecule has 1 fully saturated rings. The van der Waals surface area contributed by atoms with Gasteiger partial charge in [0.2, 0.25) is 10.0 Å². The molecule has 0 spiro atoms. The summed E-state index contributed by atoms with van der Waals surface area (Å²) >= 11 is 9.49. The number of carbonyl (C=O) groups is 1. The molecule has 3 rings (SSSR count). The van der Waals surface area contributed by atoms with Crippen LogP contribution in [0.1, 0.15) is 29.6 Å². The predicted molar refractivity (Wildman–Crippen MR) is 106 cm³/mol. The van der Waals surface area contributed by atoms with Gasteiger partial charge in [-0.3, -0.25) is 4.79 Å². The molecular formula is C18H18BrClN2O3S. The van der Waals surface area contributed by atoms with Crippen molar-refractivity contribution in [2.24, 2.45) is 0 Å². The second-order valence-corrected chi connectivity index (χ2v) is 9.33. The van der Waals surface area contributed by atoms with E-state index in [1.54, 1.807) is 18.2 Å². The molecule has 138 valence electrons. The third-order valence-electron chi connectivity index (χ3n) is 4.22. The highest BCUT2D eigenvalue weighted by Crippen LogP contribution is 2.26. The SMILES string of the molecule is O=C(Nc1cccc(Br)c1)c1cc(S(=O)(=O)N2CCCCC2)ccc1Cl. The number of rotatable bonds is 4. The molecule has 2 aromatic carbocycles. The average molecular weight is 458 g/mol. The molecule has 1 amide bonds. The summed E-state index contributed by atoms with van der Waals surface area (Å²) < 4.78 is 27.9. The van der Waals surface area contributed by atoms with Crippen LogP contribution in [0.3, 0.4) is 0 Å². The first kappa shape index (κ1) is 19.4. The van der Waals surface area contributed by atoms with Gasteiger partial charge < -0.3 is 5.32 Å². The van der Waals surface area contributed by atoms with E-state index in [0.717, 1.165) is 23.7 Å². The standard InChI is InChI=1S/C18H18BrClN2O3S/c19-13-5-4-6-14(11-13)21-18(23)16-12-15(7-8-17(16)20)26(24,25)22-9-2-1-3-10-22/h4-8,11-12H,1-3,9-10H2,(H,21,23). The maximum absolute atomic E-state index is 12.8. The molecule has 1 heterocycles. The molecule has 0 aliphatic carbocycles. The molecule has 1 aliphatic rings. The highest BCUT2D eigenvalue weighted by Gasteiger charge is 2.27.